The smallest absolute Gasteiger partial charge is 0.318 e. The Bertz CT molecular complexity index is 796. The molecular formula is C20H21FN2O3. The fourth-order valence-corrected chi connectivity index (χ4v) is 3.58. The maximum atomic E-state index is 13.2. The molecule has 5 nitrogen and oxygen atoms in total. The van der Waals surface area contributed by atoms with E-state index < -0.39 is 0 Å². The number of hydrogen-bond acceptors (Lipinski definition) is 3. The number of carbonyl (C=O) groups is 1. The Morgan fingerprint density at radius 3 is 2.77 bits per heavy atom. The number of amides is 2. The maximum absolute atomic E-state index is 13.2. The van der Waals surface area contributed by atoms with Crippen molar-refractivity contribution < 1.29 is 18.7 Å². The van der Waals surface area contributed by atoms with Gasteiger partial charge >= 0.3 is 6.03 Å². The first-order chi connectivity index (χ1) is 12.6. The third-order valence-electron chi connectivity index (χ3n) is 4.96. The second-order valence-corrected chi connectivity index (χ2v) is 6.62. The Balaban J connectivity index is 1.53. The van der Waals surface area contributed by atoms with Gasteiger partial charge in [-0.3, -0.25) is 0 Å². The van der Waals surface area contributed by atoms with E-state index in [1.54, 1.807) is 17.0 Å². The first-order valence-electron chi connectivity index (χ1n) is 8.79. The number of carbonyl (C=O) groups excluding carboxylic acids is 1. The third kappa shape index (κ3) is 3.12. The van der Waals surface area contributed by atoms with Gasteiger partial charge in [0.2, 0.25) is 0 Å². The van der Waals surface area contributed by atoms with Crippen LogP contribution in [0.5, 0.6) is 5.75 Å². The van der Waals surface area contributed by atoms with Crippen LogP contribution in [0.4, 0.5) is 9.18 Å². The first-order valence-corrected chi connectivity index (χ1v) is 8.79. The number of nitrogens with one attached hydrogen (secondary N) is 1. The first kappa shape index (κ1) is 16.8. The van der Waals surface area contributed by atoms with Crippen LogP contribution >= 0.6 is 0 Å². The Morgan fingerprint density at radius 1 is 1.19 bits per heavy atom. The van der Waals surface area contributed by atoms with Crippen molar-refractivity contribution in [3.05, 3.63) is 65.5 Å². The van der Waals surface area contributed by atoms with Crippen molar-refractivity contribution >= 4 is 6.03 Å². The molecule has 2 amide bonds. The van der Waals surface area contributed by atoms with Gasteiger partial charge in [-0.25, -0.2) is 9.18 Å². The van der Waals surface area contributed by atoms with E-state index in [1.165, 1.54) is 12.1 Å². The zero-order valence-electron chi connectivity index (χ0n) is 14.5. The number of halogens is 1. The molecule has 0 bridgehead atoms. The van der Waals surface area contributed by atoms with Crippen molar-refractivity contribution in [2.75, 3.05) is 19.8 Å². The van der Waals surface area contributed by atoms with Crippen LogP contribution in [0.1, 0.15) is 30.1 Å². The van der Waals surface area contributed by atoms with Gasteiger partial charge in [-0.05, 0) is 30.7 Å². The Hall–Kier alpha value is -2.60. The lowest BCUT2D eigenvalue weighted by atomic mass is 10.0. The number of hydrogen-bond donors (Lipinski definition) is 1. The largest absolute Gasteiger partial charge is 0.488 e. The van der Waals surface area contributed by atoms with Crippen LogP contribution in [0.3, 0.4) is 0 Å². The Kier molecular flexibility index (Phi) is 4.51. The standard InChI is InChI=1S/C20H21FN2O3/c1-13-19(16-4-2-3-5-18(16)26-13)22-20(24)23-10-11-25-12-17(23)14-6-8-15(21)9-7-14/h2-9,13,17,19H,10-12H2,1H3,(H,22,24). The van der Waals surface area contributed by atoms with Gasteiger partial charge < -0.3 is 19.7 Å². The van der Waals surface area contributed by atoms with E-state index in [0.717, 1.165) is 16.9 Å². The van der Waals surface area contributed by atoms with Crippen molar-refractivity contribution in [2.24, 2.45) is 0 Å². The van der Waals surface area contributed by atoms with Crippen LogP contribution in [0.15, 0.2) is 48.5 Å². The molecule has 0 saturated carbocycles. The normalized spacial score (nSPS) is 24.7. The number of ether oxygens (including phenoxy) is 2. The van der Waals surface area contributed by atoms with Crippen LogP contribution in [0.25, 0.3) is 0 Å². The summed E-state index contributed by atoms with van der Waals surface area (Å²) in [5, 5.41) is 3.10. The molecule has 4 rings (SSSR count). The molecule has 1 saturated heterocycles. The average molecular weight is 356 g/mol. The van der Waals surface area contributed by atoms with E-state index in [4.69, 9.17) is 9.47 Å². The van der Waals surface area contributed by atoms with E-state index in [1.807, 2.05) is 31.2 Å². The number of rotatable bonds is 2. The molecule has 0 aliphatic carbocycles. The van der Waals surface area contributed by atoms with Gasteiger partial charge in [0.05, 0.1) is 25.3 Å². The predicted molar refractivity (Wildman–Crippen MR) is 94.5 cm³/mol. The number of nitrogens with zero attached hydrogens (tertiary/aromatic N) is 1. The molecule has 2 aliphatic heterocycles. The van der Waals surface area contributed by atoms with Crippen LogP contribution < -0.4 is 10.1 Å². The molecule has 26 heavy (non-hydrogen) atoms. The molecule has 2 aromatic carbocycles. The molecular weight excluding hydrogens is 335 g/mol. The van der Waals surface area contributed by atoms with Gasteiger partial charge in [-0.2, -0.15) is 0 Å². The van der Waals surface area contributed by atoms with Gasteiger partial charge in [0, 0.05) is 12.1 Å². The molecule has 2 heterocycles. The van der Waals surface area contributed by atoms with Crippen LogP contribution in [-0.2, 0) is 4.74 Å². The molecule has 3 unspecified atom stereocenters. The quantitative estimate of drug-likeness (QED) is 0.897. The Morgan fingerprint density at radius 2 is 1.96 bits per heavy atom. The zero-order chi connectivity index (χ0) is 18.1. The third-order valence-corrected chi connectivity index (χ3v) is 4.96. The lowest BCUT2D eigenvalue weighted by Crippen LogP contribution is -2.49. The molecule has 1 N–H and O–H groups in total. The highest BCUT2D eigenvalue weighted by atomic mass is 19.1. The van der Waals surface area contributed by atoms with E-state index in [-0.39, 0.29) is 30.0 Å². The summed E-state index contributed by atoms with van der Waals surface area (Å²) in [6, 6.07) is 13.3. The zero-order valence-corrected chi connectivity index (χ0v) is 14.5. The summed E-state index contributed by atoms with van der Waals surface area (Å²) in [4.78, 5) is 14.7. The minimum Gasteiger partial charge on any atom is -0.488 e. The van der Waals surface area contributed by atoms with Gasteiger partial charge in [-0.15, -0.1) is 0 Å². The second-order valence-electron chi connectivity index (χ2n) is 6.62. The molecule has 136 valence electrons. The van der Waals surface area contributed by atoms with Crippen LogP contribution in [0.2, 0.25) is 0 Å². The number of benzene rings is 2. The summed E-state index contributed by atoms with van der Waals surface area (Å²) in [7, 11) is 0. The van der Waals surface area contributed by atoms with Gasteiger partial charge in [0.15, 0.2) is 0 Å². The van der Waals surface area contributed by atoms with Crippen molar-refractivity contribution in [1.29, 1.82) is 0 Å². The van der Waals surface area contributed by atoms with Gasteiger partial charge in [0.25, 0.3) is 0 Å². The molecule has 2 aromatic rings. The predicted octanol–water partition coefficient (Wildman–Crippen LogP) is 3.43. The maximum Gasteiger partial charge on any atom is 0.318 e. The Labute approximate surface area is 151 Å². The fraction of sp³-hybridized carbons (Fsp3) is 0.350. The highest BCUT2D eigenvalue weighted by molar-refractivity contribution is 5.76. The monoisotopic (exact) mass is 356 g/mol. The molecule has 1 fully saturated rings. The molecule has 0 aromatic heterocycles. The summed E-state index contributed by atoms with van der Waals surface area (Å²) < 4.78 is 24.6. The summed E-state index contributed by atoms with van der Waals surface area (Å²) in [6.07, 6.45) is -0.137. The molecule has 2 aliphatic rings. The highest BCUT2D eigenvalue weighted by Gasteiger charge is 2.35. The van der Waals surface area contributed by atoms with Crippen LogP contribution in [-0.4, -0.2) is 36.8 Å². The topological polar surface area (TPSA) is 50.8 Å². The van der Waals surface area contributed by atoms with E-state index in [2.05, 4.69) is 5.32 Å². The molecule has 0 radical (unpaired) electrons. The SMILES string of the molecule is CC1Oc2ccccc2C1NC(=O)N1CCOCC1c1ccc(F)cc1. The van der Waals surface area contributed by atoms with Crippen molar-refractivity contribution in [3.63, 3.8) is 0 Å². The number of fused-ring (bicyclic) bond motifs is 1. The van der Waals surface area contributed by atoms with Crippen molar-refractivity contribution in [2.45, 2.75) is 25.1 Å². The highest BCUT2D eigenvalue weighted by Crippen LogP contribution is 2.36. The molecule has 0 spiro atoms. The summed E-state index contributed by atoms with van der Waals surface area (Å²) in [6.45, 7) is 3.31. The van der Waals surface area contributed by atoms with E-state index in [0.29, 0.717) is 19.8 Å². The van der Waals surface area contributed by atoms with E-state index in [9.17, 15) is 9.18 Å². The second kappa shape index (κ2) is 6.96. The lowest BCUT2D eigenvalue weighted by Gasteiger charge is -2.36. The summed E-state index contributed by atoms with van der Waals surface area (Å²) >= 11 is 0. The minimum absolute atomic E-state index is 0.137. The number of morpholine rings is 1. The average Bonchev–Trinajstić information content (AvgIpc) is 2.98. The molecule has 3 atom stereocenters. The van der Waals surface area contributed by atoms with Gasteiger partial charge in [0.1, 0.15) is 17.7 Å². The van der Waals surface area contributed by atoms with Crippen molar-refractivity contribution in [1.82, 2.24) is 10.2 Å². The van der Waals surface area contributed by atoms with Crippen LogP contribution in [0, 0.1) is 5.82 Å². The summed E-state index contributed by atoms with van der Waals surface area (Å²) in [5.41, 5.74) is 1.84. The molecule has 6 heteroatoms. The summed E-state index contributed by atoms with van der Waals surface area (Å²) in [5.74, 6) is 0.511. The number of urea groups is 1. The van der Waals surface area contributed by atoms with Crippen molar-refractivity contribution in [3.8, 4) is 5.75 Å². The van der Waals surface area contributed by atoms with E-state index >= 15 is 0 Å². The minimum atomic E-state index is -0.296. The van der Waals surface area contributed by atoms with Gasteiger partial charge in [-0.1, -0.05) is 30.3 Å². The lowest BCUT2D eigenvalue weighted by molar-refractivity contribution is 0.0104. The fourth-order valence-electron chi connectivity index (χ4n) is 3.58. The number of para-hydroxylation sites is 1.